The molecule has 5 heteroatoms. The highest BCUT2D eigenvalue weighted by molar-refractivity contribution is 6.17. The van der Waals surface area contributed by atoms with Crippen molar-refractivity contribution in [1.82, 2.24) is 4.98 Å². The van der Waals surface area contributed by atoms with Gasteiger partial charge in [0.05, 0.1) is 5.69 Å². The van der Waals surface area contributed by atoms with Crippen LogP contribution in [0.2, 0.25) is 0 Å². The molecular weight excluding hydrogens is 322 g/mol. The predicted molar refractivity (Wildman–Crippen MR) is 97.9 cm³/mol. The number of nitrogens with one attached hydrogen (secondary N) is 2. The maximum Gasteiger partial charge on any atom is 0.255 e. The van der Waals surface area contributed by atoms with Crippen LogP contribution >= 0.6 is 11.6 Å². The van der Waals surface area contributed by atoms with Gasteiger partial charge in [0.2, 0.25) is 0 Å². The molecule has 0 bridgehead atoms. The van der Waals surface area contributed by atoms with Crippen LogP contribution in [0.5, 0.6) is 0 Å². The number of nitrogens with zero attached hydrogens (tertiary/aromatic N) is 1. The summed E-state index contributed by atoms with van der Waals surface area (Å²) in [6, 6.07) is 20.5. The van der Waals surface area contributed by atoms with E-state index in [1.807, 2.05) is 48.5 Å². The van der Waals surface area contributed by atoms with E-state index in [0.717, 1.165) is 11.3 Å². The van der Waals surface area contributed by atoms with E-state index in [2.05, 4.69) is 15.6 Å². The van der Waals surface area contributed by atoms with E-state index in [-0.39, 0.29) is 5.91 Å². The molecular formula is C19H16ClN3O. The first-order valence-corrected chi connectivity index (χ1v) is 8.03. The van der Waals surface area contributed by atoms with Gasteiger partial charge in [-0.05, 0) is 42.0 Å². The van der Waals surface area contributed by atoms with Crippen LogP contribution in [0.15, 0.2) is 72.9 Å². The van der Waals surface area contributed by atoms with Gasteiger partial charge in [0.25, 0.3) is 5.91 Å². The summed E-state index contributed by atoms with van der Waals surface area (Å²) in [6.07, 6.45) is 1.68. The van der Waals surface area contributed by atoms with E-state index in [4.69, 9.17) is 11.6 Å². The number of benzene rings is 2. The summed E-state index contributed by atoms with van der Waals surface area (Å²) < 4.78 is 0. The number of amides is 1. The van der Waals surface area contributed by atoms with Gasteiger partial charge in [-0.25, -0.2) is 4.98 Å². The molecule has 4 nitrogen and oxygen atoms in total. The van der Waals surface area contributed by atoms with Crippen LogP contribution in [-0.2, 0) is 5.88 Å². The van der Waals surface area contributed by atoms with Crippen LogP contribution in [-0.4, -0.2) is 10.9 Å². The molecule has 0 unspecified atom stereocenters. The largest absolute Gasteiger partial charge is 0.339 e. The molecule has 0 fully saturated rings. The molecule has 1 aromatic heterocycles. The van der Waals surface area contributed by atoms with Gasteiger partial charge in [0, 0.05) is 23.3 Å². The maximum atomic E-state index is 12.4. The van der Waals surface area contributed by atoms with Gasteiger partial charge in [-0.3, -0.25) is 4.79 Å². The van der Waals surface area contributed by atoms with Crippen molar-refractivity contribution >= 4 is 34.7 Å². The number of carbonyl (C=O) groups excluding carboxylic acids is 1. The molecule has 3 aromatic rings. The average Bonchev–Trinajstić information content (AvgIpc) is 2.64. The van der Waals surface area contributed by atoms with Crippen molar-refractivity contribution in [1.29, 1.82) is 0 Å². The van der Waals surface area contributed by atoms with Crippen LogP contribution in [0.25, 0.3) is 0 Å². The summed E-state index contributed by atoms with van der Waals surface area (Å²) in [7, 11) is 0. The van der Waals surface area contributed by atoms with Gasteiger partial charge >= 0.3 is 0 Å². The number of hydrogen-bond donors (Lipinski definition) is 2. The Morgan fingerprint density at radius 1 is 0.958 bits per heavy atom. The van der Waals surface area contributed by atoms with Crippen molar-refractivity contribution in [2.24, 2.45) is 0 Å². The zero-order valence-electron chi connectivity index (χ0n) is 12.9. The second-order valence-corrected chi connectivity index (χ2v) is 5.44. The van der Waals surface area contributed by atoms with Gasteiger partial charge in [-0.15, -0.1) is 11.6 Å². The van der Waals surface area contributed by atoms with Crippen LogP contribution in [0.1, 0.15) is 15.9 Å². The topological polar surface area (TPSA) is 54.0 Å². The van der Waals surface area contributed by atoms with Gasteiger partial charge in [-0.2, -0.15) is 0 Å². The zero-order valence-corrected chi connectivity index (χ0v) is 13.6. The van der Waals surface area contributed by atoms with Crippen LogP contribution in [0, 0.1) is 0 Å². The first-order chi connectivity index (χ1) is 11.8. The molecule has 24 heavy (non-hydrogen) atoms. The molecule has 1 amide bonds. The van der Waals surface area contributed by atoms with Crippen molar-refractivity contribution in [3.8, 4) is 0 Å². The van der Waals surface area contributed by atoms with Gasteiger partial charge in [-0.1, -0.05) is 30.3 Å². The lowest BCUT2D eigenvalue weighted by Gasteiger charge is -2.12. The smallest absolute Gasteiger partial charge is 0.255 e. The molecule has 0 atom stereocenters. The standard InChI is InChI=1S/C19H16ClN3O/c20-13-14-8-10-15(11-9-14)19(24)23-17-7-4-12-21-18(17)22-16-5-2-1-3-6-16/h1-12H,13H2,(H,21,22)(H,23,24). The molecule has 2 aromatic carbocycles. The van der Waals surface area contributed by atoms with E-state index in [1.54, 1.807) is 24.4 Å². The van der Waals surface area contributed by atoms with Crippen molar-refractivity contribution in [3.63, 3.8) is 0 Å². The van der Waals surface area contributed by atoms with Gasteiger partial charge in [0.15, 0.2) is 5.82 Å². The SMILES string of the molecule is O=C(Nc1cccnc1Nc1ccccc1)c1ccc(CCl)cc1. The fourth-order valence-corrected chi connectivity index (χ4v) is 2.38. The summed E-state index contributed by atoms with van der Waals surface area (Å²) in [4.78, 5) is 16.7. The summed E-state index contributed by atoms with van der Waals surface area (Å²) in [5.41, 5.74) is 3.06. The van der Waals surface area contributed by atoms with E-state index in [9.17, 15) is 4.79 Å². The first-order valence-electron chi connectivity index (χ1n) is 7.49. The second-order valence-electron chi connectivity index (χ2n) is 5.18. The molecule has 120 valence electrons. The third kappa shape index (κ3) is 3.91. The van der Waals surface area contributed by atoms with Gasteiger partial charge < -0.3 is 10.6 Å². The Morgan fingerprint density at radius 2 is 1.71 bits per heavy atom. The first kappa shape index (κ1) is 16.0. The van der Waals surface area contributed by atoms with E-state index in [0.29, 0.717) is 22.9 Å². The number of alkyl halides is 1. The fourth-order valence-electron chi connectivity index (χ4n) is 2.20. The number of pyridine rings is 1. The highest BCUT2D eigenvalue weighted by Crippen LogP contribution is 2.23. The Bertz CT molecular complexity index is 820. The number of para-hydroxylation sites is 1. The summed E-state index contributed by atoms with van der Waals surface area (Å²) in [6.45, 7) is 0. The number of rotatable bonds is 5. The Morgan fingerprint density at radius 3 is 2.42 bits per heavy atom. The molecule has 2 N–H and O–H groups in total. The fraction of sp³-hybridized carbons (Fsp3) is 0.0526. The number of halogens is 1. The van der Waals surface area contributed by atoms with Crippen molar-refractivity contribution < 1.29 is 4.79 Å². The van der Waals surface area contributed by atoms with Crippen molar-refractivity contribution in [3.05, 3.63) is 84.1 Å². The number of hydrogen-bond acceptors (Lipinski definition) is 3. The summed E-state index contributed by atoms with van der Waals surface area (Å²) in [5.74, 6) is 0.824. The Hall–Kier alpha value is -2.85. The zero-order chi connectivity index (χ0) is 16.8. The van der Waals surface area contributed by atoms with Gasteiger partial charge in [0.1, 0.15) is 0 Å². The normalized spacial score (nSPS) is 10.2. The summed E-state index contributed by atoms with van der Waals surface area (Å²) in [5, 5.41) is 6.09. The molecule has 0 aliphatic rings. The molecule has 0 saturated heterocycles. The van der Waals surface area contributed by atoms with E-state index >= 15 is 0 Å². The molecule has 0 aliphatic carbocycles. The molecule has 0 saturated carbocycles. The third-order valence-electron chi connectivity index (χ3n) is 3.46. The average molecular weight is 338 g/mol. The minimum absolute atomic E-state index is 0.194. The number of anilines is 3. The second kappa shape index (κ2) is 7.62. The lowest BCUT2D eigenvalue weighted by Crippen LogP contribution is -2.13. The lowest BCUT2D eigenvalue weighted by atomic mass is 10.1. The van der Waals surface area contributed by atoms with Crippen LogP contribution < -0.4 is 10.6 Å². The molecule has 1 heterocycles. The van der Waals surface area contributed by atoms with E-state index in [1.165, 1.54) is 0 Å². The lowest BCUT2D eigenvalue weighted by molar-refractivity contribution is 0.102. The highest BCUT2D eigenvalue weighted by Gasteiger charge is 2.10. The van der Waals surface area contributed by atoms with Crippen molar-refractivity contribution in [2.45, 2.75) is 5.88 Å². The van der Waals surface area contributed by atoms with Crippen LogP contribution in [0.4, 0.5) is 17.2 Å². The molecule has 0 aliphatic heterocycles. The van der Waals surface area contributed by atoms with Crippen molar-refractivity contribution in [2.75, 3.05) is 10.6 Å². The maximum absolute atomic E-state index is 12.4. The highest BCUT2D eigenvalue weighted by atomic mass is 35.5. The summed E-state index contributed by atoms with van der Waals surface area (Å²) >= 11 is 5.77. The molecule has 0 radical (unpaired) electrons. The number of carbonyl (C=O) groups is 1. The van der Waals surface area contributed by atoms with Crippen LogP contribution in [0.3, 0.4) is 0 Å². The third-order valence-corrected chi connectivity index (χ3v) is 3.77. The molecule has 0 spiro atoms. The molecule has 3 rings (SSSR count). The quantitative estimate of drug-likeness (QED) is 0.656. The van der Waals surface area contributed by atoms with E-state index < -0.39 is 0 Å². The Balaban J connectivity index is 1.78. The Labute approximate surface area is 145 Å². The monoisotopic (exact) mass is 337 g/mol. The predicted octanol–water partition coefficient (Wildman–Crippen LogP) is 4.82. The Kier molecular flexibility index (Phi) is 5.08. The minimum Gasteiger partial charge on any atom is -0.339 e. The number of aromatic nitrogens is 1. The minimum atomic E-state index is -0.194.